The van der Waals surface area contributed by atoms with E-state index < -0.39 is 16.1 Å². The number of hydrogen-bond acceptors (Lipinski definition) is 12. The second-order valence-corrected chi connectivity index (χ2v) is 6.89. The number of thiol groups is 2. The maximum Gasteiger partial charge on any atom is 0.291 e. The third-order valence-corrected chi connectivity index (χ3v) is 4.77. The second kappa shape index (κ2) is 19.6. The highest BCUT2D eigenvalue weighted by molar-refractivity contribution is 8.14. The van der Waals surface area contributed by atoms with Gasteiger partial charge in [-0.25, -0.2) is 0 Å². The summed E-state index contributed by atoms with van der Waals surface area (Å²) in [6.45, 7) is 0. The van der Waals surface area contributed by atoms with Crippen molar-refractivity contribution in [3.05, 3.63) is 0 Å². The number of aliphatic hydroxyl groups is 1. The average molecular weight is 419 g/mol. The SMILES string of the molecule is COS(=O)(=O)CO.CSC(CS)=NC#N.CSC(CS)=NC#N. The number of hydrogen-bond donors (Lipinski definition) is 3. The molecule has 0 bridgehead atoms. The van der Waals surface area contributed by atoms with Gasteiger partial charge in [0.25, 0.3) is 10.1 Å². The fourth-order valence-corrected chi connectivity index (χ4v) is 2.00. The van der Waals surface area contributed by atoms with Crippen molar-refractivity contribution in [3.8, 4) is 12.4 Å². The van der Waals surface area contributed by atoms with Gasteiger partial charge in [-0.05, 0) is 12.5 Å². The van der Waals surface area contributed by atoms with Crippen molar-refractivity contribution in [1.82, 2.24) is 0 Å². The van der Waals surface area contributed by atoms with Crippen LogP contribution in [0.15, 0.2) is 9.98 Å². The monoisotopic (exact) mass is 418 g/mol. The van der Waals surface area contributed by atoms with Crippen LogP contribution in [0.5, 0.6) is 0 Å². The first-order valence-electron chi connectivity index (χ1n) is 5.42. The molecule has 132 valence electrons. The van der Waals surface area contributed by atoms with Crippen LogP contribution in [0.2, 0.25) is 0 Å². The lowest BCUT2D eigenvalue weighted by molar-refractivity contribution is 0.315. The molecule has 0 aliphatic heterocycles. The smallest absolute Gasteiger partial charge is 0.291 e. The minimum atomic E-state index is -3.60. The molecule has 1 N–H and O–H groups in total. The van der Waals surface area contributed by atoms with Crippen LogP contribution in [0, 0.1) is 22.9 Å². The molecule has 0 aliphatic rings. The van der Waals surface area contributed by atoms with Gasteiger partial charge in [0.05, 0.1) is 17.2 Å². The van der Waals surface area contributed by atoms with Gasteiger partial charge < -0.3 is 5.11 Å². The number of aliphatic hydroxyl groups excluding tert-OH is 1. The minimum absolute atomic E-state index is 0.550. The minimum Gasteiger partial charge on any atom is -0.378 e. The molecule has 13 heteroatoms. The molecular formula is C10H18N4O4S5. The highest BCUT2D eigenvalue weighted by Crippen LogP contribution is 1.99. The van der Waals surface area contributed by atoms with Gasteiger partial charge >= 0.3 is 0 Å². The van der Waals surface area contributed by atoms with Gasteiger partial charge in [-0.15, -0.1) is 23.5 Å². The molecule has 0 spiro atoms. The van der Waals surface area contributed by atoms with Gasteiger partial charge in [0, 0.05) is 11.5 Å². The summed E-state index contributed by atoms with van der Waals surface area (Å²) in [5.74, 6) is 0.146. The quantitative estimate of drug-likeness (QED) is 0.204. The van der Waals surface area contributed by atoms with E-state index in [2.05, 4.69) is 39.4 Å². The third kappa shape index (κ3) is 21.6. The molecule has 0 aromatic rings. The highest BCUT2D eigenvalue weighted by atomic mass is 32.2. The third-order valence-electron chi connectivity index (χ3n) is 1.50. The molecule has 0 aromatic heterocycles. The number of nitrogens with zero attached hydrogens (tertiary/aromatic N) is 4. The van der Waals surface area contributed by atoms with Crippen molar-refractivity contribution in [1.29, 1.82) is 10.5 Å². The van der Waals surface area contributed by atoms with E-state index in [0.29, 0.717) is 11.5 Å². The van der Waals surface area contributed by atoms with Crippen molar-refractivity contribution in [2.24, 2.45) is 9.98 Å². The molecule has 0 saturated carbocycles. The van der Waals surface area contributed by atoms with Gasteiger partial charge in [0.15, 0.2) is 5.94 Å². The summed E-state index contributed by atoms with van der Waals surface area (Å²) in [7, 11) is -2.61. The summed E-state index contributed by atoms with van der Waals surface area (Å²) in [6.07, 6.45) is 7.11. The van der Waals surface area contributed by atoms with E-state index in [9.17, 15) is 8.42 Å². The van der Waals surface area contributed by atoms with E-state index in [0.717, 1.165) is 17.2 Å². The zero-order chi connectivity index (χ0) is 18.7. The molecule has 0 radical (unpaired) electrons. The van der Waals surface area contributed by atoms with Gasteiger partial charge in [-0.3, -0.25) is 4.18 Å². The van der Waals surface area contributed by atoms with Crippen molar-refractivity contribution in [2.45, 2.75) is 0 Å². The Kier molecular flexibility index (Phi) is 23.4. The number of aliphatic imine (C=N–C) groups is 2. The van der Waals surface area contributed by atoms with Crippen LogP contribution >= 0.6 is 48.8 Å². The summed E-state index contributed by atoms with van der Waals surface area (Å²) < 4.78 is 23.6. The lowest BCUT2D eigenvalue weighted by Gasteiger charge is -1.90. The number of rotatable bonds is 4. The number of nitriles is 2. The summed E-state index contributed by atoms with van der Waals surface area (Å²) >= 11 is 10.7. The maximum absolute atomic E-state index is 9.90. The summed E-state index contributed by atoms with van der Waals surface area (Å²) in [5.41, 5.74) is 0. The molecule has 0 aliphatic carbocycles. The normalized spacial score (nSPS) is 11.1. The Balaban J connectivity index is -0.000000262. The highest BCUT2D eigenvalue weighted by Gasteiger charge is 2.01. The first kappa shape index (κ1) is 27.4. The van der Waals surface area contributed by atoms with E-state index in [1.54, 1.807) is 12.4 Å². The Morgan fingerprint density at radius 2 is 1.48 bits per heavy atom. The Labute approximate surface area is 156 Å². The fourth-order valence-electron chi connectivity index (χ4n) is 0.455. The van der Waals surface area contributed by atoms with E-state index in [1.165, 1.54) is 23.5 Å². The van der Waals surface area contributed by atoms with Gasteiger partial charge in [-0.2, -0.15) is 54.2 Å². The Bertz CT molecular complexity index is 482. The second-order valence-electron chi connectivity index (χ2n) is 2.79. The van der Waals surface area contributed by atoms with Crippen molar-refractivity contribution in [2.75, 3.05) is 37.1 Å². The van der Waals surface area contributed by atoms with Crippen molar-refractivity contribution >= 4 is 69.0 Å². The van der Waals surface area contributed by atoms with E-state index in [1.807, 2.05) is 12.5 Å². The van der Waals surface area contributed by atoms with Crippen LogP contribution in [-0.4, -0.2) is 60.7 Å². The molecule has 0 amide bonds. The van der Waals surface area contributed by atoms with Crippen LogP contribution in [0.4, 0.5) is 0 Å². The topological polar surface area (TPSA) is 136 Å². The average Bonchev–Trinajstić information content (AvgIpc) is 2.58. The fraction of sp³-hybridized carbons (Fsp3) is 0.600. The summed E-state index contributed by atoms with van der Waals surface area (Å²) in [5, 5.41) is 25.4. The lowest BCUT2D eigenvalue weighted by Crippen LogP contribution is -2.05. The first-order valence-corrected chi connectivity index (χ1v) is 10.7. The maximum atomic E-state index is 9.90. The molecule has 0 fully saturated rings. The van der Waals surface area contributed by atoms with E-state index in [-0.39, 0.29) is 0 Å². The van der Waals surface area contributed by atoms with Crippen molar-refractivity contribution in [3.63, 3.8) is 0 Å². The lowest BCUT2D eigenvalue weighted by atomic mass is 10.8. The zero-order valence-electron chi connectivity index (χ0n) is 12.7. The summed E-state index contributed by atoms with van der Waals surface area (Å²) in [4.78, 5) is 6.94. The molecule has 0 heterocycles. The van der Waals surface area contributed by atoms with Crippen molar-refractivity contribution < 1.29 is 17.7 Å². The molecule has 0 saturated heterocycles. The van der Waals surface area contributed by atoms with Crippen LogP contribution < -0.4 is 0 Å². The van der Waals surface area contributed by atoms with Crippen LogP contribution in [0.25, 0.3) is 0 Å². The molecule has 0 rings (SSSR count). The molecule has 8 nitrogen and oxygen atoms in total. The van der Waals surface area contributed by atoms with Gasteiger partial charge in [0.2, 0.25) is 12.4 Å². The largest absolute Gasteiger partial charge is 0.378 e. The van der Waals surface area contributed by atoms with Crippen LogP contribution in [-0.2, 0) is 14.3 Å². The van der Waals surface area contributed by atoms with E-state index in [4.69, 9.17) is 15.6 Å². The predicted octanol–water partition coefficient (Wildman–Crippen LogP) is 1.23. The summed E-state index contributed by atoms with van der Waals surface area (Å²) in [6, 6.07) is 0. The Morgan fingerprint density at radius 1 is 1.13 bits per heavy atom. The van der Waals surface area contributed by atoms with Crippen LogP contribution in [0.3, 0.4) is 0 Å². The number of thioether (sulfide) groups is 2. The Morgan fingerprint density at radius 3 is 1.52 bits per heavy atom. The predicted molar refractivity (Wildman–Crippen MR) is 104 cm³/mol. The molecule has 23 heavy (non-hydrogen) atoms. The van der Waals surface area contributed by atoms with Gasteiger partial charge in [0.1, 0.15) is 0 Å². The molecule has 0 aromatic carbocycles. The standard InChI is InChI=1S/2C4H6N2S2.C2H6O4S/c2*1-8-4(2-7)6-3-5;1-6-7(4,5)2-3/h2*7H,2H2,1H3;3H,2H2,1H3. The van der Waals surface area contributed by atoms with E-state index >= 15 is 0 Å². The first-order chi connectivity index (χ1) is 10.8. The molecule has 0 unspecified atom stereocenters. The van der Waals surface area contributed by atoms with Crippen LogP contribution in [0.1, 0.15) is 0 Å². The molecular weight excluding hydrogens is 400 g/mol. The van der Waals surface area contributed by atoms with Gasteiger partial charge in [-0.1, -0.05) is 0 Å². The molecule has 0 atom stereocenters. The zero-order valence-corrected chi connectivity index (χ0v) is 16.9. The Hall–Kier alpha value is -0.410.